The van der Waals surface area contributed by atoms with Gasteiger partial charge >= 0.3 is 0 Å². The van der Waals surface area contributed by atoms with E-state index in [0.717, 1.165) is 37.6 Å². The lowest BCUT2D eigenvalue weighted by Gasteiger charge is -2.29. The van der Waals surface area contributed by atoms with Crippen molar-refractivity contribution in [2.24, 2.45) is 0 Å². The summed E-state index contributed by atoms with van der Waals surface area (Å²) in [6.45, 7) is 8.02. The van der Waals surface area contributed by atoms with Crippen molar-refractivity contribution in [2.45, 2.75) is 26.3 Å². The Bertz CT molecular complexity index is 602. The van der Waals surface area contributed by atoms with Gasteiger partial charge in [0.25, 0.3) is 0 Å². The van der Waals surface area contributed by atoms with Gasteiger partial charge in [-0.3, -0.25) is 4.68 Å². The molecule has 2 aliphatic heterocycles. The highest BCUT2D eigenvalue weighted by atomic mass is 32.2. The van der Waals surface area contributed by atoms with Gasteiger partial charge in [-0.1, -0.05) is 0 Å². The van der Waals surface area contributed by atoms with Gasteiger partial charge in [0, 0.05) is 26.2 Å². The van der Waals surface area contributed by atoms with E-state index in [1.165, 1.54) is 5.69 Å². The van der Waals surface area contributed by atoms with Crippen LogP contribution in [-0.2, 0) is 9.84 Å². The van der Waals surface area contributed by atoms with Crippen molar-refractivity contribution < 1.29 is 8.42 Å². The van der Waals surface area contributed by atoms with E-state index in [4.69, 9.17) is 0 Å². The van der Waals surface area contributed by atoms with Gasteiger partial charge in [-0.15, -0.1) is 0 Å². The number of rotatable bonds is 2. The van der Waals surface area contributed by atoms with Crippen LogP contribution in [0.3, 0.4) is 0 Å². The Morgan fingerprint density at radius 2 is 1.95 bits per heavy atom. The van der Waals surface area contributed by atoms with Gasteiger partial charge in [-0.05, 0) is 20.3 Å². The second-order valence-electron chi connectivity index (χ2n) is 5.76. The summed E-state index contributed by atoms with van der Waals surface area (Å²) in [6.07, 6.45) is 0.686. The fourth-order valence-corrected chi connectivity index (χ4v) is 5.02. The highest BCUT2D eigenvalue weighted by Gasteiger charge is 2.32. The average Bonchev–Trinajstić information content (AvgIpc) is 2.90. The van der Waals surface area contributed by atoms with Crippen molar-refractivity contribution in [1.29, 1.82) is 0 Å². The Morgan fingerprint density at radius 3 is 2.55 bits per heavy atom. The van der Waals surface area contributed by atoms with Gasteiger partial charge in [0.2, 0.25) is 0 Å². The van der Waals surface area contributed by atoms with Gasteiger partial charge in [0.15, 0.2) is 9.84 Å². The van der Waals surface area contributed by atoms with Gasteiger partial charge in [-0.25, -0.2) is 8.42 Å². The first-order valence-corrected chi connectivity index (χ1v) is 9.02. The van der Waals surface area contributed by atoms with E-state index in [1.54, 1.807) is 0 Å². The summed E-state index contributed by atoms with van der Waals surface area (Å²) in [7, 11) is -2.87. The van der Waals surface area contributed by atoms with E-state index in [-0.39, 0.29) is 11.8 Å². The number of hydrogen-bond acceptors (Lipinski definition) is 5. The molecule has 1 N–H and O–H groups in total. The Morgan fingerprint density at radius 1 is 1.25 bits per heavy atom. The van der Waals surface area contributed by atoms with Crippen LogP contribution in [0.1, 0.15) is 23.9 Å². The van der Waals surface area contributed by atoms with Crippen LogP contribution in [-0.4, -0.2) is 55.9 Å². The summed E-state index contributed by atoms with van der Waals surface area (Å²) in [5.74, 6) is 0.523. The third-order valence-corrected chi connectivity index (χ3v) is 6.02. The molecule has 0 radical (unpaired) electrons. The van der Waals surface area contributed by atoms with Crippen LogP contribution in [0.2, 0.25) is 0 Å². The average molecular weight is 298 g/mol. The zero-order chi connectivity index (χ0) is 14.3. The second kappa shape index (κ2) is 5.04. The van der Waals surface area contributed by atoms with Crippen molar-refractivity contribution in [2.75, 3.05) is 42.6 Å². The van der Waals surface area contributed by atoms with Gasteiger partial charge < -0.3 is 10.2 Å². The first kappa shape index (κ1) is 13.9. The van der Waals surface area contributed by atoms with E-state index in [2.05, 4.69) is 22.2 Å². The molecule has 3 heterocycles. The van der Waals surface area contributed by atoms with Crippen LogP contribution in [0.15, 0.2) is 0 Å². The van der Waals surface area contributed by atoms with Crippen LogP contribution in [0, 0.1) is 13.8 Å². The number of anilines is 1. The van der Waals surface area contributed by atoms with E-state index < -0.39 is 9.84 Å². The van der Waals surface area contributed by atoms with Gasteiger partial charge in [-0.2, -0.15) is 5.10 Å². The minimum absolute atomic E-state index is 0.00960. The number of aromatic nitrogens is 2. The van der Waals surface area contributed by atoms with Gasteiger partial charge in [0.05, 0.1) is 34.6 Å². The van der Waals surface area contributed by atoms with Crippen LogP contribution in [0.25, 0.3) is 0 Å². The Labute approximate surface area is 120 Å². The van der Waals surface area contributed by atoms with E-state index >= 15 is 0 Å². The molecule has 112 valence electrons. The Balaban J connectivity index is 1.90. The summed E-state index contributed by atoms with van der Waals surface area (Å²) < 4.78 is 25.3. The molecule has 7 heteroatoms. The fraction of sp³-hybridized carbons (Fsp3) is 0.769. The lowest BCUT2D eigenvalue weighted by molar-refractivity contribution is 0.485. The summed E-state index contributed by atoms with van der Waals surface area (Å²) in [5.41, 5.74) is 3.30. The maximum Gasteiger partial charge on any atom is 0.152 e. The molecule has 2 aliphatic rings. The summed E-state index contributed by atoms with van der Waals surface area (Å²) in [5, 5.41) is 7.97. The van der Waals surface area contributed by atoms with Crippen molar-refractivity contribution in [1.82, 2.24) is 15.1 Å². The minimum atomic E-state index is -2.87. The van der Waals surface area contributed by atoms with Crippen LogP contribution in [0.4, 0.5) is 5.69 Å². The molecule has 0 aromatic carbocycles. The smallest absolute Gasteiger partial charge is 0.152 e. The van der Waals surface area contributed by atoms with Gasteiger partial charge in [0.1, 0.15) is 0 Å². The van der Waals surface area contributed by atoms with Crippen molar-refractivity contribution >= 4 is 15.5 Å². The summed E-state index contributed by atoms with van der Waals surface area (Å²) in [4.78, 5) is 2.36. The zero-order valence-electron chi connectivity index (χ0n) is 12.1. The lowest BCUT2D eigenvalue weighted by atomic mass is 10.2. The number of hydrogen-bond donors (Lipinski definition) is 1. The second-order valence-corrected chi connectivity index (χ2v) is 7.99. The maximum absolute atomic E-state index is 11.7. The SMILES string of the molecule is Cc1nn([C@@H]2CCS(=O)(=O)C2)c(C)c1N1CCNCC1. The van der Waals surface area contributed by atoms with Crippen molar-refractivity contribution in [3.63, 3.8) is 0 Å². The third kappa shape index (κ3) is 2.44. The molecule has 6 nitrogen and oxygen atoms in total. The first-order valence-electron chi connectivity index (χ1n) is 7.20. The van der Waals surface area contributed by atoms with Crippen LogP contribution >= 0.6 is 0 Å². The van der Waals surface area contributed by atoms with Crippen LogP contribution in [0.5, 0.6) is 0 Å². The number of aryl methyl sites for hydroxylation is 1. The molecule has 0 amide bonds. The number of nitrogens with zero attached hydrogens (tertiary/aromatic N) is 3. The fourth-order valence-electron chi connectivity index (χ4n) is 3.32. The molecule has 2 saturated heterocycles. The molecule has 0 spiro atoms. The standard InChI is InChI=1S/C13H22N4O2S/c1-10-13(16-6-4-14-5-7-16)11(2)17(15-10)12-3-8-20(18,19)9-12/h12,14H,3-9H2,1-2H3/t12-/m1/s1. The molecule has 3 rings (SSSR count). The van der Waals surface area contributed by atoms with Crippen molar-refractivity contribution in [3.05, 3.63) is 11.4 Å². The molecule has 1 aromatic heterocycles. The quantitative estimate of drug-likeness (QED) is 0.849. The van der Waals surface area contributed by atoms with E-state index in [1.807, 2.05) is 11.6 Å². The highest BCUT2D eigenvalue weighted by Crippen LogP contribution is 2.31. The highest BCUT2D eigenvalue weighted by molar-refractivity contribution is 7.91. The van der Waals surface area contributed by atoms with Crippen molar-refractivity contribution in [3.8, 4) is 0 Å². The largest absolute Gasteiger partial charge is 0.366 e. The third-order valence-electron chi connectivity index (χ3n) is 4.27. The lowest BCUT2D eigenvalue weighted by Crippen LogP contribution is -2.44. The molecule has 0 saturated carbocycles. The predicted molar refractivity (Wildman–Crippen MR) is 79.1 cm³/mol. The van der Waals surface area contributed by atoms with E-state index in [0.29, 0.717) is 12.2 Å². The monoisotopic (exact) mass is 298 g/mol. The number of sulfone groups is 1. The topological polar surface area (TPSA) is 67.2 Å². The molecular weight excluding hydrogens is 276 g/mol. The summed E-state index contributed by atoms with van der Waals surface area (Å²) >= 11 is 0. The van der Waals surface area contributed by atoms with E-state index in [9.17, 15) is 8.42 Å². The molecule has 20 heavy (non-hydrogen) atoms. The minimum Gasteiger partial charge on any atom is -0.366 e. The molecule has 0 bridgehead atoms. The van der Waals surface area contributed by atoms with Crippen LogP contribution < -0.4 is 10.2 Å². The predicted octanol–water partition coefficient (Wildman–Crippen LogP) is 0.269. The molecule has 0 unspecified atom stereocenters. The molecular formula is C13H22N4O2S. The molecule has 0 aliphatic carbocycles. The molecule has 2 fully saturated rings. The zero-order valence-corrected chi connectivity index (χ0v) is 12.9. The normalized spacial score (nSPS) is 26.1. The number of nitrogens with one attached hydrogen (secondary N) is 1. The Kier molecular flexibility index (Phi) is 3.50. The first-order chi connectivity index (χ1) is 9.48. The summed E-state index contributed by atoms with van der Waals surface area (Å²) in [6, 6.07) is 0.00960. The maximum atomic E-state index is 11.7. The molecule has 1 atom stereocenters. The number of piperazine rings is 1. The molecule has 1 aromatic rings. The Hall–Kier alpha value is -1.08.